The summed E-state index contributed by atoms with van der Waals surface area (Å²) >= 11 is 0. The first-order valence-corrected chi connectivity index (χ1v) is 9.03. The maximum atomic E-state index is 12.7. The molecule has 5 heteroatoms. The smallest absolute Gasteiger partial charge is 0.343 e. The summed E-state index contributed by atoms with van der Waals surface area (Å²) in [4.78, 5) is 17.0. The Morgan fingerprint density at radius 1 is 1.12 bits per heavy atom. The normalized spacial score (nSPS) is 15.8. The van der Waals surface area contributed by atoms with Crippen LogP contribution in [-0.2, 0) is 0 Å². The van der Waals surface area contributed by atoms with Gasteiger partial charge in [-0.1, -0.05) is 12.1 Å². The van der Waals surface area contributed by atoms with Gasteiger partial charge in [-0.05, 0) is 44.2 Å². The van der Waals surface area contributed by atoms with Crippen LogP contribution < -0.4 is 20.7 Å². The molecule has 0 aliphatic carbocycles. The van der Waals surface area contributed by atoms with Gasteiger partial charge in [0.25, 0.3) is 0 Å². The van der Waals surface area contributed by atoms with Crippen LogP contribution in [0.4, 0.5) is 17.1 Å². The van der Waals surface area contributed by atoms with Gasteiger partial charge in [0.1, 0.15) is 11.7 Å². The lowest BCUT2D eigenvalue weighted by molar-refractivity contribution is 0.542. The summed E-state index contributed by atoms with van der Waals surface area (Å²) < 4.78 is 5.68. The molecule has 0 saturated heterocycles. The molecule has 0 spiro atoms. The highest BCUT2D eigenvalue weighted by molar-refractivity contribution is 5.82. The Morgan fingerprint density at radius 3 is 2.62 bits per heavy atom. The number of benzene rings is 2. The first-order valence-electron chi connectivity index (χ1n) is 9.03. The molecule has 1 atom stereocenters. The number of para-hydroxylation sites is 2. The average Bonchev–Trinajstić information content (AvgIpc) is 2.99. The molecule has 4 rings (SSSR count). The highest BCUT2D eigenvalue weighted by atomic mass is 16.4. The number of nitrogens with zero attached hydrogens (tertiary/aromatic N) is 2. The number of nitrogens with one attached hydrogen (secondary N) is 1. The number of hydrogen-bond acceptors (Lipinski definition) is 5. The number of hydrogen-bond donors (Lipinski definition) is 1. The molecule has 0 fully saturated rings. The minimum atomic E-state index is -0.300. The van der Waals surface area contributed by atoms with E-state index in [1.807, 2.05) is 49.5 Å². The van der Waals surface area contributed by atoms with Crippen molar-refractivity contribution in [2.24, 2.45) is 0 Å². The predicted molar refractivity (Wildman–Crippen MR) is 107 cm³/mol. The van der Waals surface area contributed by atoms with Crippen molar-refractivity contribution in [1.29, 1.82) is 0 Å². The van der Waals surface area contributed by atoms with Gasteiger partial charge >= 0.3 is 5.63 Å². The van der Waals surface area contributed by atoms with E-state index < -0.39 is 0 Å². The molecule has 1 unspecified atom stereocenters. The SMILES string of the molecule is CCN(CC)c1ccc2cc(C3Nc4ccccc4N3C)c(=O)oc2c1. The lowest BCUT2D eigenvalue weighted by Crippen LogP contribution is -2.28. The lowest BCUT2D eigenvalue weighted by atomic mass is 10.1. The first-order chi connectivity index (χ1) is 12.6. The highest BCUT2D eigenvalue weighted by Gasteiger charge is 2.29. The maximum absolute atomic E-state index is 12.7. The van der Waals surface area contributed by atoms with Crippen LogP contribution in [-0.4, -0.2) is 20.1 Å². The summed E-state index contributed by atoms with van der Waals surface area (Å²) in [6, 6.07) is 16.0. The topological polar surface area (TPSA) is 48.7 Å². The summed E-state index contributed by atoms with van der Waals surface area (Å²) in [7, 11) is 1.98. The van der Waals surface area contributed by atoms with Gasteiger partial charge in [-0.15, -0.1) is 0 Å². The van der Waals surface area contributed by atoms with Gasteiger partial charge in [0, 0.05) is 37.3 Å². The first kappa shape index (κ1) is 16.5. The van der Waals surface area contributed by atoms with Crippen LogP contribution in [0.5, 0.6) is 0 Å². The standard InChI is InChI=1S/C21H23N3O2/c1-4-24(5-2)15-11-10-14-12-16(21(25)26-19(14)13-15)20-22-17-8-6-7-9-18(17)23(20)3/h6-13,20,22H,4-5H2,1-3H3. The lowest BCUT2D eigenvalue weighted by Gasteiger charge is -2.22. The molecular formula is C21H23N3O2. The third-order valence-electron chi connectivity index (χ3n) is 5.13. The van der Waals surface area contributed by atoms with Crippen molar-refractivity contribution in [2.75, 3.05) is 35.3 Å². The maximum Gasteiger partial charge on any atom is 0.343 e. The van der Waals surface area contributed by atoms with Crippen molar-refractivity contribution in [2.45, 2.75) is 20.0 Å². The fraction of sp³-hybridized carbons (Fsp3) is 0.286. The fourth-order valence-electron chi connectivity index (χ4n) is 3.66. The Labute approximate surface area is 152 Å². The second-order valence-corrected chi connectivity index (χ2v) is 6.56. The fourth-order valence-corrected chi connectivity index (χ4v) is 3.66. The zero-order chi connectivity index (χ0) is 18.3. The van der Waals surface area contributed by atoms with E-state index in [9.17, 15) is 4.79 Å². The summed E-state index contributed by atoms with van der Waals surface area (Å²) in [5, 5.41) is 4.34. The molecule has 1 N–H and O–H groups in total. The van der Waals surface area contributed by atoms with Crippen molar-refractivity contribution in [3.8, 4) is 0 Å². The second-order valence-electron chi connectivity index (χ2n) is 6.56. The molecule has 1 aromatic heterocycles. The van der Waals surface area contributed by atoms with Gasteiger partial charge in [-0.3, -0.25) is 0 Å². The van der Waals surface area contributed by atoms with E-state index in [4.69, 9.17) is 4.42 Å². The minimum Gasteiger partial charge on any atom is -0.422 e. The van der Waals surface area contributed by atoms with E-state index in [2.05, 4.69) is 35.0 Å². The van der Waals surface area contributed by atoms with Crippen LogP contribution in [0.25, 0.3) is 11.0 Å². The van der Waals surface area contributed by atoms with E-state index >= 15 is 0 Å². The summed E-state index contributed by atoms with van der Waals surface area (Å²) in [5.41, 5.74) is 4.12. The molecule has 26 heavy (non-hydrogen) atoms. The molecule has 1 aliphatic rings. The third kappa shape index (κ3) is 2.60. The quantitative estimate of drug-likeness (QED) is 0.716. The minimum absolute atomic E-state index is 0.226. The van der Waals surface area contributed by atoms with Gasteiger partial charge in [0.2, 0.25) is 0 Å². The van der Waals surface area contributed by atoms with Crippen molar-refractivity contribution >= 4 is 28.0 Å². The summed E-state index contributed by atoms with van der Waals surface area (Å²) in [5.74, 6) is 0. The van der Waals surface area contributed by atoms with E-state index in [1.165, 1.54) is 0 Å². The zero-order valence-corrected chi connectivity index (χ0v) is 15.3. The molecule has 0 amide bonds. The Morgan fingerprint density at radius 2 is 1.88 bits per heavy atom. The number of rotatable bonds is 4. The molecule has 2 aromatic carbocycles. The Bertz CT molecular complexity index is 1010. The molecular weight excluding hydrogens is 326 g/mol. The Kier molecular flexibility index (Phi) is 4.07. The van der Waals surface area contributed by atoms with Crippen molar-refractivity contribution in [1.82, 2.24) is 0 Å². The average molecular weight is 349 g/mol. The molecule has 0 bridgehead atoms. The van der Waals surface area contributed by atoms with Crippen LogP contribution in [0.15, 0.2) is 57.7 Å². The van der Waals surface area contributed by atoms with Gasteiger partial charge < -0.3 is 19.5 Å². The van der Waals surface area contributed by atoms with Crippen LogP contribution in [0.3, 0.4) is 0 Å². The molecule has 0 saturated carbocycles. The van der Waals surface area contributed by atoms with E-state index in [-0.39, 0.29) is 11.8 Å². The largest absolute Gasteiger partial charge is 0.422 e. The van der Waals surface area contributed by atoms with E-state index in [1.54, 1.807) is 0 Å². The van der Waals surface area contributed by atoms with Gasteiger partial charge in [-0.25, -0.2) is 4.79 Å². The second kappa shape index (κ2) is 6.41. The molecule has 0 radical (unpaired) electrons. The Balaban J connectivity index is 1.75. The van der Waals surface area contributed by atoms with Crippen LogP contribution in [0.2, 0.25) is 0 Å². The van der Waals surface area contributed by atoms with E-state index in [0.29, 0.717) is 11.1 Å². The molecule has 3 aromatic rings. The molecule has 2 heterocycles. The monoisotopic (exact) mass is 349 g/mol. The van der Waals surface area contributed by atoms with Crippen LogP contribution in [0, 0.1) is 0 Å². The summed E-state index contributed by atoms with van der Waals surface area (Å²) in [6.07, 6.45) is -0.226. The van der Waals surface area contributed by atoms with Crippen molar-refractivity contribution in [3.63, 3.8) is 0 Å². The molecule has 134 valence electrons. The van der Waals surface area contributed by atoms with Gasteiger partial charge in [0.15, 0.2) is 0 Å². The number of fused-ring (bicyclic) bond motifs is 2. The molecule has 1 aliphatic heterocycles. The highest BCUT2D eigenvalue weighted by Crippen LogP contribution is 2.39. The van der Waals surface area contributed by atoms with Gasteiger partial charge in [-0.2, -0.15) is 0 Å². The Hall–Kier alpha value is -2.95. The van der Waals surface area contributed by atoms with Crippen molar-refractivity contribution < 1.29 is 4.42 Å². The zero-order valence-electron chi connectivity index (χ0n) is 15.3. The van der Waals surface area contributed by atoms with Crippen LogP contribution >= 0.6 is 0 Å². The van der Waals surface area contributed by atoms with Gasteiger partial charge in [0.05, 0.1) is 16.9 Å². The van der Waals surface area contributed by atoms with Crippen molar-refractivity contribution in [3.05, 3.63) is 64.5 Å². The third-order valence-corrected chi connectivity index (χ3v) is 5.13. The molecule has 5 nitrogen and oxygen atoms in total. The number of anilines is 3. The predicted octanol–water partition coefficient (Wildman–Crippen LogP) is 4.20. The van der Waals surface area contributed by atoms with Crippen LogP contribution in [0.1, 0.15) is 25.6 Å². The van der Waals surface area contributed by atoms with E-state index in [0.717, 1.165) is 35.5 Å². The summed E-state index contributed by atoms with van der Waals surface area (Å²) in [6.45, 7) is 6.07.